The number of ether oxygens (including phenoxy) is 1. The van der Waals surface area contributed by atoms with E-state index < -0.39 is 0 Å². The molecule has 1 amide bonds. The molecular formula is C11H22N2O2. The molecule has 1 fully saturated rings. The number of amides is 1. The normalized spacial score (nSPS) is 26.7. The Morgan fingerprint density at radius 1 is 1.47 bits per heavy atom. The topological polar surface area (TPSA) is 41.6 Å². The molecule has 2 unspecified atom stereocenters. The summed E-state index contributed by atoms with van der Waals surface area (Å²) < 4.78 is 4.91. The van der Waals surface area contributed by atoms with Crippen molar-refractivity contribution in [1.82, 2.24) is 10.2 Å². The third kappa shape index (κ3) is 3.18. The van der Waals surface area contributed by atoms with Gasteiger partial charge >= 0.3 is 0 Å². The van der Waals surface area contributed by atoms with E-state index in [9.17, 15) is 4.79 Å². The molecular weight excluding hydrogens is 192 g/mol. The highest BCUT2D eigenvalue weighted by molar-refractivity contribution is 5.78. The number of nitrogens with zero attached hydrogens (tertiary/aromatic N) is 1. The Morgan fingerprint density at radius 2 is 2.20 bits per heavy atom. The van der Waals surface area contributed by atoms with Gasteiger partial charge in [-0.3, -0.25) is 4.79 Å². The summed E-state index contributed by atoms with van der Waals surface area (Å²) in [6, 6.07) is 0.768. The number of rotatable bonds is 4. The van der Waals surface area contributed by atoms with E-state index in [1.54, 1.807) is 7.11 Å². The summed E-state index contributed by atoms with van der Waals surface area (Å²) in [6.45, 7) is 6.18. The largest absolute Gasteiger partial charge is 0.375 e. The van der Waals surface area contributed by atoms with Crippen LogP contribution in [0.25, 0.3) is 0 Å². The smallest absolute Gasteiger partial charge is 0.248 e. The second-order valence-electron chi connectivity index (χ2n) is 4.05. The predicted molar refractivity (Wildman–Crippen MR) is 59.7 cm³/mol. The Bertz CT molecular complexity index is 209. The lowest BCUT2D eigenvalue weighted by molar-refractivity contribution is -0.139. The number of carbonyl (C=O) groups is 1. The zero-order valence-electron chi connectivity index (χ0n) is 9.95. The van der Waals surface area contributed by atoms with Crippen LogP contribution in [0.5, 0.6) is 0 Å². The van der Waals surface area contributed by atoms with Crippen LogP contribution in [0.2, 0.25) is 0 Å². The van der Waals surface area contributed by atoms with E-state index in [2.05, 4.69) is 19.2 Å². The fraction of sp³-hybridized carbons (Fsp3) is 0.909. The molecule has 0 aliphatic carbocycles. The number of piperazine rings is 1. The zero-order chi connectivity index (χ0) is 11.3. The molecule has 88 valence electrons. The van der Waals surface area contributed by atoms with Crippen LogP contribution >= 0.6 is 0 Å². The molecule has 4 nitrogen and oxygen atoms in total. The summed E-state index contributed by atoms with van der Waals surface area (Å²) in [5, 5.41) is 3.46. The number of hydrogen-bond acceptors (Lipinski definition) is 3. The maximum Gasteiger partial charge on any atom is 0.248 e. The minimum Gasteiger partial charge on any atom is -0.375 e. The summed E-state index contributed by atoms with van der Waals surface area (Å²) >= 11 is 0. The molecule has 0 aromatic carbocycles. The van der Waals surface area contributed by atoms with Gasteiger partial charge in [-0.25, -0.2) is 0 Å². The van der Waals surface area contributed by atoms with Crippen molar-refractivity contribution >= 4 is 5.91 Å². The van der Waals surface area contributed by atoms with E-state index in [1.165, 1.54) is 0 Å². The van der Waals surface area contributed by atoms with E-state index in [1.807, 2.05) is 4.90 Å². The molecule has 0 aromatic rings. The third-order valence-electron chi connectivity index (χ3n) is 3.05. The Hall–Kier alpha value is -0.610. The van der Waals surface area contributed by atoms with Crippen molar-refractivity contribution in [3.05, 3.63) is 0 Å². The van der Waals surface area contributed by atoms with Gasteiger partial charge in [0.05, 0.1) is 0 Å². The maximum atomic E-state index is 11.8. The van der Waals surface area contributed by atoms with Crippen LogP contribution in [-0.4, -0.2) is 49.7 Å². The van der Waals surface area contributed by atoms with Crippen molar-refractivity contribution in [1.29, 1.82) is 0 Å². The number of methoxy groups -OCH3 is 1. The van der Waals surface area contributed by atoms with Crippen LogP contribution in [0, 0.1) is 0 Å². The molecule has 0 bridgehead atoms. The monoisotopic (exact) mass is 214 g/mol. The molecule has 0 spiro atoms. The van der Waals surface area contributed by atoms with Gasteiger partial charge in [0.1, 0.15) is 6.61 Å². The average Bonchev–Trinajstić information content (AvgIpc) is 2.28. The van der Waals surface area contributed by atoms with E-state index in [0.717, 1.165) is 25.9 Å². The third-order valence-corrected chi connectivity index (χ3v) is 3.05. The lowest BCUT2D eigenvalue weighted by Crippen LogP contribution is -2.58. The number of hydrogen-bond donors (Lipinski definition) is 1. The van der Waals surface area contributed by atoms with E-state index in [4.69, 9.17) is 4.74 Å². The molecule has 1 aliphatic heterocycles. The molecule has 1 heterocycles. The predicted octanol–water partition coefficient (Wildman–Crippen LogP) is 0.622. The Balaban J connectivity index is 2.58. The van der Waals surface area contributed by atoms with Crippen molar-refractivity contribution in [2.75, 3.05) is 26.8 Å². The lowest BCUT2D eigenvalue weighted by atomic mass is 10.1. The minimum absolute atomic E-state index is 0.115. The first-order valence-electron chi connectivity index (χ1n) is 5.74. The van der Waals surface area contributed by atoms with Gasteiger partial charge in [0, 0.05) is 32.3 Å². The van der Waals surface area contributed by atoms with Gasteiger partial charge in [0.25, 0.3) is 0 Å². The second-order valence-corrected chi connectivity index (χ2v) is 4.05. The van der Waals surface area contributed by atoms with Crippen molar-refractivity contribution < 1.29 is 9.53 Å². The van der Waals surface area contributed by atoms with E-state index >= 15 is 0 Å². The molecule has 0 saturated carbocycles. The van der Waals surface area contributed by atoms with Gasteiger partial charge in [-0.05, 0) is 12.8 Å². The van der Waals surface area contributed by atoms with Crippen molar-refractivity contribution in [3.63, 3.8) is 0 Å². The first-order valence-corrected chi connectivity index (χ1v) is 5.74. The fourth-order valence-electron chi connectivity index (χ4n) is 2.01. The highest BCUT2D eigenvalue weighted by Crippen LogP contribution is 2.12. The molecule has 1 rings (SSSR count). The van der Waals surface area contributed by atoms with Crippen LogP contribution in [0.3, 0.4) is 0 Å². The molecule has 0 aromatic heterocycles. The van der Waals surface area contributed by atoms with Gasteiger partial charge in [-0.1, -0.05) is 13.8 Å². The number of carbonyl (C=O) groups excluding carboxylic acids is 1. The lowest BCUT2D eigenvalue weighted by Gasteiger charge is -2.39. The maximum absolute atomic E-state index is 11.8. The van der Waals surface area contributed by atoms with Crippen molar-refractivity contribution in [2.45, 2.75) is 38.8 Å². The Kier molecular flexibility index (Phi) is 5.05. The first kappa shape index (κ1) is 12.5. The fourth-order valence-corrected chi connectivity index (χ4v) is 2.01. The highest BCUT2D eigenvalue weighted by atomic mass is 16.5. The van der Waals surface area contributed by atoms with Crippen LogP contribution < -0.4 is 5.32 Å². The molecule has 2 atom stereocenters. The van der Waals surface area contributed by atoms with Gasteiger partial charge in [-0.2, -0.15) is 0 Å². The Morgan fingerprint density at radius 3 is 2.73 bits per heavy atom. The minimum atomic E-state index is 0.115. The first-order chi connectivity index (χ1) is 7.22. The number of nitrogens with one attached hydrogen (secondary N) is 1. The molecule has 1 aliphatic rings. The molecule has 1 saturated heterocycles. The quantitative estimate of drug-likeness (QED) is 0.746. The van der Waals surface area contributed by atoms with Gasteiger partial charge < -0.3 is 15.0 Å². The summed E-state index contributed by atoms with van der Waals surface area (Å²) in [4.78, 5) is 13.8. The molecule has 15 heavy (non-hydrogen) atoms. The second kappa shape index (κ2) is 6.08. The van der Waals surface area contributed by atoms with Crippen molar-refractivity contribution in [2.24, 2.45) is 0 Å². The summed E-state index contributed by atoms with van der Waals surface area (Å²) in [5.41, 5.74) is 0. The van der Waals surface area contributed by atoms with Crippen molar-refractivity contribution in [3.8, 4) is 0 Å². The van der Waals surface area contributed by atoms with E-state index in [0.29, 0.717) is 12.1 Å². The standard InChI is InChI=1S/C11H22N2O2/c1-4-9-7-13(11(14)8-15-3)10(5-2)6-12-9/h9-10,12H,4-8H2,1-3H3. The summed E-state index contributed by atoms with van der Waals surface area (Å²) in [6.07, 6.45) is 2.06. The van der Waals surface area contributed by atoms with Gasteiger partial charge in [0.2, 0.25) is 5.91 Å². The van der Waals surface area contributed by atoms with Crippen LogP contribution in [0.15, 0.2) is 0 Å². The van der Waals surface area contributed by atoms with Gasteiger partial charge in [-0.15, -0.1) is 0 Å². The molecule has 4 heteroatoms. The zero-order valence-corrected chi connectivity index (χ0v) is 9.95. The molecule has 1 N–H and O–H groups in total. The average molecular weight is 214 g/mol. The van der Waals surface area contributed by atoms with Crippen LogP contribution in [0.4, 0.5) is 0 Å². The summed E-state index contributed by atoms with van der Waals surface area (Å²) in [5.74, 6) is 0.115. The molecule has 0 radical (unpaired) electrons. The van der Waals surface area contributed by atoms with E-state index in [-0.39, 0.29) is 12.5 Å². The van der Waals surface area contributed by atoms with Gasteiger partial charge in [0.15, 0.2) is 0 Å². The summed E-state index contributed by atoms with van der Waals surface area (Å²) in [7, 11) is 1.57. The highest BCUT2D eigenvalue weighted by Gasteiger charge is 2.28. The van der Waals surface area contributed by atoms with Crippen LogP contribution in [-0.2, 0) is 9.53 Å². The van der Waals surface area contributed by atoms with Crippen LogP contribution in [0.1, 0.15) is 26.7 Å². The Labute approximate surface area is 92.0 Å². The SMILES string of the molecule is CCC1CN(C(=O)COC)C(CC)CN1.